The van der Waals surface area contributed by atoms with Crippen molar-refractivity contribution in [2.24, 2.45) is 5.92 Å². The Balaban J connectivity index is 1.39. The molecule has 2 aliphatic rings. The molecule has 2 aromatic rings. The van der Waals surface area contributed by atoms with Crippen LogP contribution in [0.2, 0.25) is 0 Å². The fraction of sp³-hybridized carbons (Fsp3) is 0.333. The molecule has 1 aliphatic carbocycles. The van der Waals surface area contributed by atoms with Crippen molar-refractivity contribution in [3.8, 4) is 0 Å². The van der Waals surface area contributed by atoms with Gasteiger partial charge in [-0.25, -0.2) is 4.79 Å². The third-order valence-electron chi connectivity index (χ3n) is 5.53. The molecule has 2 fully saturated rings. The van der Waals surface area contributed by atoms with Crippen molar-refractivity contribution in [3.05, 3.63) is 59.9 Å². The molecule has 1 aromatic carbocycles. The number of hydrogen-bond donors (Lipinski definition) is 2. The number of benzene rings is 1. The van der Waals surface area contributed by atoms with Gasteiger partial charge in [-0.2, -0.15) is 0 Å². The largest absolute Gasteiger partial charge is 0.347 e. The fourth-order valence-electron chi connectivity index (χ4n) is 4.15. The molecular weight excluding hydrogens is 356 g/mol. The van der Waals surface area contributed by atoms with Crippen molar-refractivity contribution in [2.75, 3.05) is 11.9 Å². The highest BCUT2D eigenvalue weighted by molar-refractivity contribution is 5.96. The number of nitrogens with zero attached hydrogens (tertiary/aromatic N) is 2. The summed E-state index contributed by atoms with van der Waals surface area (Å²) in [5.74, 6) is 0.225. The maximum absolute atomic E-state index is 12.7. The number of carbonyl (C=O) groups excluding carboxylic acids is 3. The number of amides is 3. The predicted octanol–water partition coefficient (Wildman–Crippen LogP) is 2.71. The summed E-state index contributed by atoms with van der Waals surface area (Å²) in [6.45, 7) is 2.20. The zero-order chi connectivity index (χ0) is 19.7. The molecule has 3 amide bonds. The number of rotatable bonds is 4. The van der Waals surface area contributed by atoms with Gasteiger partial charge >= 0.3 is 6.03 Å². The van der Waals surface area contributed by atoms with Gasteiger partial charge in [-0.15, -0.1) is 0 Å². The van der Waals surface area contributed by atoms with Crippen molar-refractivity contribution < 1.29 is 14.4 Å². The number of urea groups is 1. The van der Waals surface area contributed by atoms with E-state index >= 15 is 0 Å². The Kier molecular flexibility index (Phi) is 4.81. The number of Topliss-reactive ketones (excluding diaryl/α,β-unsaturated/α-hetero) is 1. The van der Waals surface area contributed by atoms with Gasteiger partial charge in [0.2, 0.25) is 0 Å². The summed E-state index contributed by atoms with van der Waals surface area (Å²) >= 11 is 0. The van der Waals surface area contributed by atoms with E-state index in [-0.39, 0.29) is 29.8 Å². The smallest absolute Gasteiger partial charge is 0.322 e. The van der Waals surface area contributed by atoms with Crippen LogP contribution in [-0.4, -0.2) is 46.2 Å². The second kappa shape index (κ2) is 7.42. The molecule has 2 bridgehead atoms. The Morgan fingerprint density at radius 2 is 1.86 bits per heavy atom. The van der Waals surface area contributed by atoms with Gasteiger partial charge in [-0.05, 0) is 62.1 Å². The second-order valence-corrected chi connectivity index (χ2v) is 7.44. The molecule has 0 unspecified atom stereocenters. The summed E-state index contributed by atoms with van der Waals surface area (Å²) in [6, 6.07) is 10.1. The molecule has 0 spiro atoms. The lowest BCUT2D eigenvalue weighted by Gasteiger charge is -2.33. The molecule has 1 saturated heterocycles. The van der Waals surface area contributed by atoms with E-state index < -0.39 is 0 Å². The fourth-order valence-corrected chi connectivity index (χ4v) is 4.15. The summed E-state index contributed by atoms with van der Waals surface area (Å²) in [7, 11) is 0. The first-order valence-corrected chi connectivity index (χ1v) is 9.41. The number of aromatic nitrogens is 1. The van der Waals surface area contributed by atoms with Crippen LogP contribution < -0.4 is 10.6 Å². The third kappa shape index (κ3) is 3.60. The Morgan fingerprint density at radius 3 is 2.50 bits per heavy atom. The van der Waals surface area contributed by atoms with Crippen LogP contribution in [0.15, 0.2) is 48.8 Å². The number of carbonyl (C=O) groups is 3. The highest BCUT2D eigenvalue weighted by Crippen LogP contribution is 2.38. The SMILES string of the molecule is CC(=O)c1ccc(NC(=O)N2C[C@@H]3C[C@H](NC(=O)c4cccnc4)[C@H]2C3)cc1. The molecule has 4 rings (SSSR count). The number of pyridine rings is 1. The number of piperidine rings is 1. The maximum Gasteiger partial charge on any atom is 0.322 e. The Bertz CT molecular complexity index is 898. The predicted molar refractivity (Wildman–Crippen MR) is 104 cm³/mol. The number of nitrogens with one attached hydrogen (secondary N) is 2. The number of hydrogen-bond acceptors (Lipinski definition) is 4. The molecule has 1 aliphatic heterocycles. The number of anilines is 1. The Labute approximate surface area is 163 Å². The first kappa shape index (κ1) is 18.2. The van der Waals surface area contributed by atoms with E-state index in [0.717, 1.165) is 12.8 Å². The van der Waals surface area contributed by atoms with E-state index in [1.54, 1.807) is 47.5 Å². The lowest BCUT2D eigenvalue weighted by atomic mass is 10.1. The van der Waals surface area contributed by atoms with Crippen LogP contribution in [0.4, 0.5) is 10.5 Å². The molecule has 7 nitrogen and oxygen atoms in total. The van der Waals surface area contributed by atoms with Crippen molar-refractivity contribution >= 4 is 23.4 Å². The summed E-state index contributed by atoms with van der Waals surface area (Å²) in [4.78, 5) is 42.3. The molecule has 28 heavy (non-hydrogen) atoms. The first-order chi connectivity index (χ1) is 13.5. The van der Waals surface area contributed by atoms with E-state index in [2.05, 4.69) is 15.6 Å². The topological polar surface area (TPSA) is 91.4 Å². The van der Waals surface area contributed by atoms with Crippen LogP contribution in [0, 0.1) is 5.92 Å². The molecule has 0 radical (unpaired) electrons. The van der Waals surface area contributed by atoms with Crippen LogP contribution >= 0.6 is 0 Å². The number of fused-ring (bicyclic) bond motifs is 2. The average molecular weight is 378 g/mol. The molecule has 144 valence electrons. The zero-order valence-corrected chi connectivity index (χ0v) is 15.6. The minimum absolute atomic E-state index is 0.0119. The van der Waals surface area contributed by atoms with Crippen LogP contribution in [0.5, 0.6) is 0 Å². The zero-order valence-electron chi connectivity index (χ0n) is 15.6. The highest BCUT2D eigenvalue weighted by atomic mass is 16.2. The van der Waals surface area contributed by atoms with Gasteiger partial charge in [0.25, 0.3) is 5.91 Å². The van der Waals surface area contributed by atoms with Crippen molar-refractivity contribution in [3.63, 3.8) is 0 Å². The molecule has 7 heteroatoms. The Morgan fingerprint density at radius 1 is 1.07 bits per heavy atom. The van der Waals surface area contributed by atoms with E-state index in [1.807, 2.05) is 0 Å². The van der Waals surface area contributed by atoms with Crippen LogP contribution in [0.25, 0.3) is 0 Å². The van der Waals surface area contributed by atoms with Gasteiger partial charge in [0, 0.05) is 36.2 Å². The van der Waals surface area contributed by atoms with Gasteiger partial charge < -0.3 is 15.5 Å². The summed E-state index contributed by atoms with van der Waals surface area (Å²) < 4.78 is 0. The van der Waals surface area contributed by atoms with E-state index in [0.29, 0.717) is 29.3 Å². The first-order valence-electron chi connectivity index (χ1n) is 9.41. The number of likely N-dealkylation sites (tertiary alicyclic amines) is 1. The lowest BCUT2D eigenvalue weighted by molar-refractivity contribution is 0.0905. The summed E-state index contributed by atoms with van der Waals surface area (Å²) in [6.07, 6.45) is 4.95. The van der Waals surface area contributed by atoms with Crippen molar-refractivity contribution in [2.45, 2.75) is 31.8 Å². The molecule has 1 aromatic heterocycles. The molecule has 1 saturated carbocycles. The van der Waals surface area contributed by atoms with E-state index in [4.69, 9.17) is 0 Å². The molecule has 2 heterocycles. The number of ketones is 1. The minimum Gasteiger partial charge on any atom is -0.347 e. The van der Waals surface area contributed by atoms with Crippen LogP contribution in [-0.2, 0) is 0 Å². The average Bonchev–Trinajstić information content (AvgIpc) is 3.29. The quantitative estimate of drug-likeness (QED) is 0.801. The summed E-state index contributed by atoms with van der Waals surface area (Å²) in [5.41, 5.74) is 1.77. The van der Waals surface area contributed by atoms with E-state index in [9.17, 15) is 14.4 Å². The molecular formula is C21H22N4O3. The van der Waals surface area contributed by atoms with Crippen LogP contribution in [0.1, 0.15) is 40.5 Å². The van der Waals surface area contributed by atoms with Crippen LogP contribution in [0.3, 0.4) is 0 Å². The molecule has 3 atom stereocenters. The summed E-state index contributed by atoms with van der Waals surface area (Å²) in [5, 5.41) is 5.95. The van der Waals surface area contributed by atoms with Crippen molar-refractivity contribution in [1.29, 1.82) is 0 Å². The van der Waals surface area contributed by atoms with Gasteiger partial charge in [0.1, 0.15) is 0 Å². The second-order valence-electron chi connectivity index (χ2n) is 7.44. The third-order valence-corrected chi connectivity index (χ3v) is 5.53. The Hall–Kier alpha value is -3.22. The van der Waals surface area contributed by atoms with E-state index in [1.165, 1.54) is 13.1 Å². The van der Waals surface area contributed by atoms with Gasteiger partial charge in [0.15, 0.2) is 5.78 Å². The maximum atomic E-state index is 12.7. The van der Waals surface area contributed by atoms with Gasteiger partial charge in [-0.1, -0.05) is 0 Å². The lowest BCUT2D eigenvalue weighted by Crippen LogP contribution is -2.53. The minimum atomic E-state index is -0.177. The van der Waals surface area contributed by atoms with Gasteiger partial charge in [0.05, 0.1) is 11.6 Å². The standard InChI is InChI=1S/C21H22N4O3/c1-13(26)15-4-6-17(7-5-15)23-21(28)25-12-14-9-18(19(25)10-14)24-20(27)16-3-2-8-22-11-16/h2-8,11,14,18-19H,9-10,12H2,1H3,(H,23,28)(H,24,27)/t14-,18+,19-/m1/s1. The van der Waals surface area contributed by atoms with Crippen molar-refractivity contribution in [1.82, 2.24) is 15.2 Å². The monoisotopic (exact) mass is 378 g/mol. The normalized spacial score (nSPS) is 22.8. The van der Waals surface area contributed by atoms with Gasteiger partial charge in [-0.3, -0.25) is 14.6 Å². The highest BCUT2D eigenvalue weighted by Gasteiger charge is 2.47. The molecule has 2 N–H and O–H groups in total.